The second-order valence-electron chi connectivity index (χ2n) is 3.98. The third-order valence-electron chi connectivity index (χ3n) is 2.36. The topological polar surface area (TPSA) is 51.2 Å². The quantitative estimate of drug-likeness (QED) is 0.941. The number of halogens is 1. The number of pyridine rings is 1. The monoisotopic (exact) mass is 320 g/mol. The molecule has 0 atom stereocenters. The lowest BCUT2D eigenvalue weighted by atomic mass is 10.3. The molecular weight excluding hydrogens is 308 g/mol. The van der Waals surface area contributed by atoms with Crippen molar-refractivity contribution in [3.63, 3.8) is 0 Å². The van der Waals surface area contributed by atoms with Gasteiger partial charge in [0.1, 0.15) is 5.75 Å². The number of carbonyl (C=O) groups is 1. The molecule has 4 nitrogen and oxygen atoms in total. The molecule has 0 unspecified atom stereocenters. The molecule has 0 spiro atoms. The lowest BCUT2D eigenvalue weighted by Crippen LogP contribution is -2.20. The van der Waals surface area contributed by atoms with E-state index in [0.29, 0.717) is 5.75 Å². The number of anilines is 1. The van der Waals surface area contributed by atoms with Crippen LogP contribution in [0.5, 0.6) is 5.75 Å². The molecule has 19 heavy (non-hydrogen) atoms. The van der Waals surface area contributed by atoms with Crippen LogP contribution in [0.25, 0.3) is 0 Å². The maximum absolute atomic E-state index is 11.7. The van der Waals surface area contributed by atoms with Crippen LogP contribution in [0.1, 0.15) is 5.69 Å². The molecule has 0 aliphatic carbocycles. The number of ether oxygens (including phenoxy) is 1. The fourth-order valence-corrected chi connectivity index (χ4v) is 1.76. The number of amides is 1. The smallest absolute Gasteiger partial charge is 0.262 e. The molecule has 0 aliphatic heterocycles. The molecule has 1 aromatic carbocycles. The van der Waals surface area contributed by atoms with Gasteiger partial charge in [-0.05, 0) is 43.3 Å². The summed E-state index contributed by atoms with van der Waals surface area (Å²) < 4.78 is 6.35. The molecule has 98 valence electrons. The number of hydrogen-bond acceptors (Lipinski definition) is 3. The van der Waals surface area contributed by atoms with E-state index in [1.54, 1.807) is 30.5 Å². The SMILES string of the molecule is Cc1cc(NC(=O)COc2ccc(Br)cc2)ccn1. The zero-order chi connectivity index (χ0) is 13.7. The Labute approximate surface area is 119 Å². The summed E-state index contributed by atoms with van der Waals surface area (Å²) >= 11 is 3.34. The third-order valence-corrected chi connectivity index (χ3v) is 2.89. The Morgan fingerprint density at radius 1 is 1.32 bits per heavy atom. The number of nitrogens with one attached hydrogen (secondary N) is 1. The Morgan fingerprint density at radius 2 is 2.05 bits per heavy atom. The highest BCUT2D eigenvalue weighted by atomic mass is 79.9. The van der Waals surface area contributed by atoms with Crippen LogP contribution in [-0.2, 0) is 4.79 Å². The Balaban J connectivity index is 1.86. The molecule has 0 fully saturated rings. The van der Waals surface area contributed by atoms with Crippen LogP contribution >= 0.6 is 15.9 Å². The maximum Gasteiger partial charge on any atom is 0.262 e. The Hall–Kier alpha value is -1.88. The summed E-state index contributed by atoms with van der Waals surface area (Å²) in [4.78, 5) is 15.8. The predicted molar refractivity (Wildman–Crippen MR) is 77.2 cm³/mol. The van der Waals surface area contributed by atoms with Gasteiger partial charge in [-0.2, -0.15) is 0 Å². The molecule has 0 radical (unpaired) electrons. The van der Waals surface area contributed by atoms with Gasteiger partial charge in [0.25, 0.3) is 5.91 Å². The van der Waals surface area contributed by atoms with E-state index in [2.05, 4.69) is 26.2 Å². The van der Waals surface area contributed by atoms with Crippen LogP contribution in [0, 0.1) is 6.92 Å². The number of benzene rings is 1. The number of carbonyl (C=O) groups excluding carboxylic acids is 1. The largest absolute Gasteiger partial charge is 0.484 e. The predicted octanol–water partition coefficient (Wildman–Crippen LogP) is 3.17. The van der Waals surface area contributed by atoms with Crippen molar-refractivity contribution in [2.45, 2.75) is 6.92 Å². The van der Waals surface area contributed by atoms with E-state index in [1.807, 2.05) is 19.1 Å². The van der Waals surface area contributed by atoms with Crippen molar-refractivity contribution in [3.05, 3.63) is 52.8 Å². The second kappa shape index (κ2) is 6.33. The number of aryl methyl sites for hydroxylation is 1. The van der Waals surface area contributed by atoms with Crippen LogP contribution in [-0.4, -0.2) is 17.5 Å². The second-order valence-corrected chi connectivity index (χ2v) is 4.89. The van der Waals surface area contributed by atoms with Crippen LogP contribution in [0.15, 0.2) is 47.1 Å². The number of nitrogens with zero attached hydrogens (tertiary/aromatic N) is 1. The fraction of sp³-hybridized carbons (Fsp3) is 0.143. The molecule has 0 saturated heterocycles. The Kier molecular flexibility index (Phi) is 4.52. The Bertz CT molecular complexity index is 570. The number of rotatable bonds is 4. The van der Waals surface area contributed by atoms with Gasteiger partial charge in [-0.15, -0.1) is 0 Å². The minimum Gasteiger partial charge on any atom is -0.484 e. The van der Waals surface area contributed by atoms with Crippen molar-refractivity contribution in [2.24, 2.45) is 0 Å². The van der Waals surface area contributed by atoms with E-state index in [0.717, 1.165) is 15.9 Å². The van der Waals surface area contributed by atoms with E-state index in [1.165, 1.54) is 0 Å². The lowest BCUT2D eigenvalue weighted by Gasteiger charge is -2.07. The molecule has 5 heteroatoms. The van der Waals surface area contributed by atoms with Gasteiger partial charge in [0.2, 0.25) is 0 Å². The van der Waals surface area contributed by atoms with E-state index < -0.39 is 0 Å². The summed E-state index contributed by atoms with van der Waals surface area (Å²) in [5.74, 6) is 0.456. The van der Waals surface area contributed by atoms with Crippen molar-refractivity contribution < 1.29 is 9.53 Å². The summed E-state index contributed by atoms with van der Waals surface area (Å²) in [7, 11) is 0. The molecule has 2 aromatic rings. The molecule has 0 saturated carbocycles. The number of aromatic nitrogens is 1. The zero-order valence-electron chi connectivity index (χ0n) is 10.4. The van der Waals surface area contributed by atoms with Gasteiger partial charge >= 0.3 is 0 Å². The molecule has 0 aliphatic rings. The minimum atomic E-state index is -0.200. The van der Waals surface area contributed by atoms with E-state index >= 15 is 0 Å². The first-order valence-electron chi connectivity index (χ1n) is 5.74. The maximum atomic E-state index is 11.7. The normalized spacial score (nSPS) is 10.0. The highest BCUT2D eigenvalue weighted by Crippen LogP contribution is 2.16. The summed E-state index contributed by atoms with van der Waals surface area (Å²) in [6.45, 7) is 1.84. The van der Waals surface area contributed by atoms with E-state index in [9.17, 15) is 4.79 Å². The molecule has 1 aromatic heterocycles. The minimum absolute atomic E-state index is 0.0248. The van der Waals surface area contributed by atoms with Gasteiger partial charge in [-0.1, -0.05) is 15.9 Å². The highest BCUT2D eigenvalue weighted by Gasteiger charge is 2.04. The fourth-order valence-electron chi connectivity index (χ4n) is 1.50. The van der Waals surface area contributed by atoms with Crippen molar-refractivity contribution >= 4 is 27.5 Å². The summed E-state index contributed by atoms with van der Waals surface area (Å²) in [5, 5.41) is 2.75. The van der Waals surface area contributed by atoms with Crippen molar-refractivity contribution in [1.82, 2.24) is 4.98 Å². The van der Waals surface area contributed by atoms with Crippen molar-refractivity contribution in [1.29, 1.82) is 0 Å². The van der Waals surface area contributed by atoms with E-state index in [-0.39, 0.29) is 12.5 Å². The summed E-state index contributed by atoms with van der Waals surface area (Å²) in [6.07, 6.45) is 1.65. The van der Waals surface area contributed by atoms with E-state index in [4.69, 9.17) is 4.74 Å². The van der Waals surface area contributed by atoms with Crippen molar-refractivity contribution in [2.75, 3.05) is 11.9 Å². The number of hydrogen-bond donors (Lipinski definition) is 1. The molecule has 1 N–H and O–H groups in total. The standard InChI is InChI=1S/C14H13BrN2O2/c1-10-8-12(6-7-16-10)17-14(18)9-19-13-4-2-11(15)3-5-13/h2-8H,9H2,1H3,(H,16,17,18). The van der Waals surface area contributed by atoms with Crippen LogP contribution in [0.3, 0.4) is 0 Å². The van der Waals surface area contributed by atoms with Gasteiger partial charge in [-0.25, -0.2) is 0 Å². The lowest BCUT2D eigenvalue weighted by molar-refractivity contribution is -0.118. The molecular formula is C14H13BrN2O2. The highest BCUT2D eigenvalue weighted by molar-refractivity contribution is 9.10. The molecule has 1 heterocycles. The van der Waals surface area contributed by atoms with Gasteiger partial charge in [0, 0.05) is 22.1 Å². The third kappa shape index (κ3) is 4.37. The van der Waals surface area contributed by atoms with Gasteiger partial charge in [-0.3, -0.25) is 9.78 Å². The van der Waals surface area contributed by atoms with Gasteiger partial charge in [0.05, 0.1) is 0 Å². The van der Waals surface area contributed by atoms with Gasteiger partial charge in [0.15, 0.2) is 6.61 Å². The zero-order valence-corrected chi connectivity index (χ0v) is 12.0. The summed E-state index contributed by atoms with van der Waals surface area (Å²) in [6, 6.07) is 10.9. The Morgan fingerprint density at radius 3 is 2.74 bits per heavy atom. The molecule has 2 rings (SSSR count). The first kappa shape index (κ1) is 13.5. The van der Waals surface area contributed by atoms with Crippen LogP contribution in [0.4, 0.5) is 5.69 Å². The first-order chi connectivity index (χ1) is 9.13. The van der Waals surface area contributed by atoms with Crippen molar-refractivity contribution in [3.8, 4) is 5.75 Å². The van der Waals surface area contributed by atoms with Gasteiger partial charge < -0.3 is 10.1 Å². The summed E-state index contributed by atoms with van der Waals surface area (Å²) in [5.41, 5.74) is 1.57. The average molecular weight is 321 g/mol. The van der Waals surface area contributed by atoms with Crippen LogP contribution < -0.4 is 10.1 Å². The average Bonchev–Trinajstić information content (AvgIpc) is 2.38. The molecule has 0 bridgehead atoms. The first-order valence-corrected chi connectivity index (χ1v) is 6.53. The molecule has 1 amide bonds. The van der Waals surface area contributed by atoms with Crippen LogP contribution in [0.2, 0.25) is 0 Å².